The average Bonchev–Trinajstić information content (AvgIpc) is 3.11. The molecule has 7 nitrogen and oxygen atoms in total. The van der Waals surface area contributed by atoms with Crippen molar-refractivity contribution in [2.24, 2.45) is 0 Å². The first-order valence-electron chi connectivity index (χ1n) is 8.16. The molecule has 134 valence electrons. The van der Waals surface area contributed by atoms with Gasteiger partial charge in [0, 0.05) is 18.7 Å². The monoisotopic (exact) mass is 354 g/mol. The molecule has 0 aromatic heterocycles. The number of para-hydroxylation sites is 1. The van der Waals surface area contributed by atoms with Gasteiger partial charge in [-0.1, -0.05) is 48.5 Å². The Kier molecular flexibility index (Phi) is 5.48. The zero-order chi connectivity index (χ0) is 18.4. The van der Waals surface area contributed by atoms with Crippen LogP contribution < -0.4 is 10.1 Å². The summed E-state index contributed by atoms with van der Waals surface area (Å²) < 4.78 is 10.5. The largest absolute Gasteiger partial charge is 0.481 e. The minimum atomic E-state index is -0.680. The van der Waals surface area contributed by atoms with E-state index in [1.165, 1.54) is 0 Å². The molecular formula is C19H18N2O5. The molecule has 0 spiro atoms. The van der Waals surface area contributed by atoms with Gasteiger partial charge in [0.05, 0.1) is 0 Å². The highest BCUT2D eigenvalue weighted by Crippen LogP contribution is 2.29. The fraction of sp³-hybridized carbons (Fsp3) is 0.211. The zero-order valence-corrected chi connectivity index (χ0v) is 14.0. The summed E-state index contributed by atoms with van der Waals surface area (Å²) in [5.74, 6) is -0.695. The number of imide groups is 1. The van der Waals surface area contributed by atoms with Gasteiger partial charge in [-0.3, -0.25) is 9.69 Å². The Morgan fingerprint density at radius 1 is 1.00 bits per heavy atom. The number of rotatable bonds is 6. The van der Waals surface area contributed by atoms with Gasteiger partial charge in [0.2, 0.25) is 0 Å². The van der Waals surface area contributed by atoms with Crippen molar-refractivity contribution in [3.05, 3.63) is 54.6 Å². The smallest absolute Gasteiger partial charge is 0.344 e. The van der Waals surface area contributed by atoms with E-state index in [0.29, 0.717) is 12.3 Å². The molecule has 0 unspecified atom stereocenters. The predicted molar refractivity (Wildman–Crippen MR) is 93.4 cm³/mol. The van der Waals surface area contributed by atoms with Crippen LogP contribution >= 0.6 is 0 Å². The predicted octanol–water partition coefficient (Wildman–Crippen LogP) is 1.83. The van der Waals surface area contributed by atoms with E-state index < -0.39 is 24.5 Å². The second kappa shape index (κ2) is 8.15. The van der Waals surface area contributed by atoms with Crippen LogP contribution in [-0.4, -0.2) is 49.1 Å². The Hall–Kier alpha value is -3.35. The number of carbonyl (C=O) groups excluding carboxylic acids is 3. The summed E-state index contributed by atoms with van der Waals surface area (Å²) in [6.07, 6.45) is 0. The summed E-state index contributed by atoms with van der Waals surface area (Å²) in [7, 11) is 0. The molecule has 1 heterocycles. The van der Waals surface area contributed by atoms with Gasteiger partial charge in [0.1, 0.15) is 5.75 Å². The number of nitrogens with one attached hydrogen (secondary N) is 1. The second-order valence-corrected chi connectivity index (χ2v) is 5.59. The third-order valence-electron chi connectivity index (χ3n) is 3.83. The Morgan fingerprint density at radius 3 is 2.46 bits per heavy atom. The van der Waals surface area contributed by atoms with Crippen molar-refractivity contribution in [1.29, 1.82) is 0 Å². The molecule has 1 saturated heterocycles. The maximum Gasteiger partial charge on any atom is 0.344 e. The lowest BCUT2D eigenvalue weighted by atomic mass is 10.1. The molecule has 0 atom stereocenters. The van der Waals surface area contributed by atoms with Crippen molar-refractivity contribution in [1.82, 2.24) is 10.2 Å². The van der Waals surface area contributed by atoms with Crippen molar-refractivity contribution in [2.75, 3.05) is 26.3 Å². The van der Waals surface area contributed by atoms with Gasteiger partial charge in [0.25, 0.3) is 5.91 Å². The van der Waals surface area contributed by atoms with Gasteiger partial charge in [-0.05, 0) is 11.6 Å². The lowest BCUT2D eigenvalue weighted by molar-refractivity contribution is -0.152. The van der Waals surface area contributed by atoms with Crippen molar-refractivity contribution < 1.29 is 23.9 Å². The fourth-order valence-electron chi connectivity index (χ4n) is 2.56. The summed E-state index contributed by atoms with van der Waals surface area (Å²) in [4.78, 5) is 36.1. The number of ether oxygens (including phenoxy) is 2. The molecule has 7 heteroatoms. The van der Waals surface area contributed by atoms with Crippen molar-refractivity contribution in [3.8, 4) is 16.9 Å². The third kappa shape index (κ3) is 4.18. The molecule has 1 N–H and O–H groups in total. The molecule has 3 rings (SSSR count). The van der Waals surface area contributed by atoms with E-state index >= 15 is 0 Å². The number of urea groups is 1. The standard InChI is InChI=1S/C19H18N2O5/c22-17(21-11-10-20-19(21)24)12-26-18(23)13-25-16-9-5-4-8-15(16)14-6-2-1-3-7-14/h1-9H,10-13H2,(H,20,24). The first-order chi connectivity index (χ1) is 12.6. The van der Waals surface area contributed by atoms with Crippen LogP contribution in [0.2, 0.25) is 0 Å². The van der Waals surface area contributed by atoms with Crippen LogP contribution in [0.25, 0.3) is 11.1 Å². The van der Waals surface area contributed by atoms with E-state index in [4.69, 9.17) is 9.47 Å². The quantitative estimate of drug-likeness (QED) is 0.800. The highest BCUT2D eigenvalue weighted by Gasteiger charge is 2.26. The molecular weight excluding hydrogens is 336 g/mol. The molecule has 0 saturated carbocycles. The Balaban J connectivity index is 1.54. The molecule has 1 aliphatic heterocycles. The summed E-state index contributed by atoms with van der Waals surface area (Å²) in [6, 6.07) is 16.5. The molecule has 1 aliphatic rings. The molecule has 2 aromatic rings. The molecule has 0 radical (unpaired) electrons. The van der Waals surface area contributed by atoms with Crippen molar-refractivity contribution in [2.45, 2.75) is 0 Å². The number of benzene rings is 2. The molecule has 26 heavy (non-hydrogen) atoms. The van der Waals surface area contributed by atoms with Crippen molar-refractivity contribution >= 4 is 17.9 Å². The van der Waals surface area contributed by atoms with Gasteiger partial charge < -0.3 is 14.8 Å². The Labute approximate surface area is 150 Å². The van der Waals surface area contributed by atoms with E-state index in [-0.39, 0.29) is 13.2 Å². The SMILES string of the molecule is O=C(COc1ccccc1-c1ccccc1)OCC(=O)N1CCNC1=O. The summed E-state index contributed by atoms with van der Waals surface area (Å²) in [5, 5.41) is 2.51. The number of hydrogen-bond acceptors (Lipinski definition) is 5. The minimum absolute atomic E-state index is 0.274. The van der Waals surface area contributed by atoms with Gasteiger partial charge in [-0.15, -0.1) is 0 Å². The number of hydrogen-bond donors (Lipinski definition) is 1. The van der Waals surface area contributed by atoms with Crippen molar-refractivity contribution in [3.63, 3.8) is 0 Å². The molecule has 1 fully saturated rings. The molecule has 0 bridgehead atoms. The second-order valence-electron chi connectivity index (χ2n) is 5.59. The first-order valence-corrected chi connectivity index (χ1v) is 8.16. The molecule has 3 amide bonds. The summed E-state index contributed by atoms with van der Waals surface area (Å²) in [5.41, 5.74) is 1.82. The molecule has 2 aromatic carbocycles. The fourth-order valence-corrected chi connectivity index (χ4v) is 2.56. The van der Waals surface area contributed by atoms with Gasteiger partial charge >= 0.3 is 12.0 Å². The van der Waals surface area contributed by atoms with E-state index in [1.807, 2.05) is 48.5 Å². The highest BCUT2D eigenvalue weighted by atomic mass is 16.6. The van der Waals surface area contributed by atoms with Crippen LogP contribution in [0.4, 0.5) is 4.79 Å². The first kappa shape index (κ1) is 17.5. The van der Waals surface area contributed by atoms with Gasteiger partial charge in [-0.2, -0.15) is 0 Å². The molecule has 0 aliphatic carbocycles. The van der Waals surface area contributed by atoms with Crippen LogP contribution in [0.15, 0.2) is 54.6 Å². The van der Waals surface area contributed by atoms with Crippen LogP contribution in [0, 0.1) is 0 Å². The topological polar surface area (TPSA) is 84.9 Å². The van der Waals surface area contributed by atoms with Crippen LogP contribution in [-0.2, 0) is 14.3 Å². The van der Waals surface area contributed by atoms with E-state index in [0.717, 1.165) is 16.0 Å². The number of carbonyl (C=O) groups is 3. The summed E-state index contributed by atoms with van der Waals surface area (Å²) in [6.45, 7) is -0.145. The van der Waals surface area contributed by atoms with Crippen LogP contribution in [0.1, 0.15) is 0 Å². The Bertz CT molecular complexity index is 807. The zero-order valence-electron chi connectivity index (χ0n) is 14.0. The lowest BCUT2D eigenvalue weighted by Gasteiger charge is -2.13. The number of amides is 3. The lowest BCUT2D eigenvalue weighted by Crippen LogP contribution is -2.37. The maximum atomic E-state index is 11.8. The van der Waals surface area contributed by atoms with E-state index in [1.54, 1.807) is 6.07 Å². The van der Waals surface area contributed by atoms with E-state index in [9.17, 15) is 14.4 Å². The number of esters is 1. The van der Waals surface area contributed by atoms with E-state index in [2.05, 4.69) is 5.32 Å². The van der Waals surface area contributed by atoms with Crippen LogP contribution in [0.3, 0.4) is 0 Å². The highest BCUT2D eigenvalue weighted by molar-refractivity contribution is 5.97. The maximum absolute atomic E-state index is 11.8. The number of nitrogens with zero attached hydrogens (tertiary/aromatic N) is 1. The Morgan fingerprint density at radius 2 is 1.73 bits per heavy atom. The average molecular weight is 354 g/mol. The third-order valence-corrected chi connectivity index (χ3v) is 3.83. The van der Waals surface area contributed by atoms with Gasteiger partial charge in [-0.25, -0.2) is 9.59 Å². The van der Waals surface area contributed by atoms with Gasteiger partial charge in [0.15, 0.2) is 13.2 Å². The normalized spacial score (nSPS) is 13.2. The minimum Gasteiger partial charge on any atom is -0.481 e. The summed E-state index contributed by atoms with van der Waals surface area (Å²) >= 11 is 0. The van der Waals surface area contributed by atoms with Crippen LogP contribution in [0.5, 0.6) is 5.75 Å².